The van der Waals surface area contributed by atoms with Crippen LogP contribution in [-0.2, 0) is 30.5 Å². The fraction of sp³-hybridized carbons (Fsp3) is 0.500. The lowest BCUT2D eigenvalue weighted by molar-refractivity contribution is -0.136. The first-order valence-electron chi connectivity index (χ1n) is 22.1. The minimum Gasteiger partial charge on any atom is -0.351 e. The Bertz CT molecular complexity index is 2310. The zero-order chi connectivity index (χ0) is 43.7. The quantitative estimate of drug-likeness (QED) is 0.207. The molecule has 3 amide bonds. The average Bonchev–Trinajstić information content (AvgIpc) is 3.52. The number of nitrogens with two attached hydrogens (primary N) is 1. The Balaban J connectivity index is 0.000000189. The number of carbonyl (C=O) groups excluding carboxylic acids is 2. The number of aryl methyl sites for hydroxylation is 4. The topological polar surface area (TPSA) is 104 Å². The van der Waals surface area contributed by atoms with Gasteiger partial charge < -0.3 is 20.9 Å². The number of hydrogen-bond acceptors (Lipinski definition) is 5. The van der Waals surface area contributed by atoms with Gasteiger partial charge in [-0.25, -0.2) is 4.79 Å². The van der Waals surface area contributed by atoms with Gasteiger partial charge >= 0.3 is 6.03 Å². The summed E-state index contributed by atoms with van der Waals surface area (Å²) in [7, 11) is 0. The van der Waals surface area contributed by atoms with E-state index in [4.69, 9.17) is 38.9 Å². The number of likely N-dealkylation sites (tertiary alicyclic amines) is 2. The number of hydrogen-bond donors (Lipinski definition) is 2. The number of benzene rings is 2. The smallest absolute Gasteiger partial charge is 0.314 e. The second-order valence-electron chi connectivity index (χ2n) is 17.9. The van der Waals surface area contributed by atoms with Crippen LogP contribution < -0.4 is 11.1 Å². The van der Waals surface area contributed by atoms with Crippen molar-refractivity contribution in [1.82, 2.24) is 25.1 Å². The molecule has 330 valence electrons. The molecule has 3 aliphatic heterocycles. The Labute approximate surface area is 409 Å². The van der Waals surface area contributed by atoms with E-state index >= 15 is 0 Å². The second kappa shape index (κ2) is 20.2. The van der Waals surface area contributed by atoms with Gasteiger partial charge in [0.1, 0.15) is 0 Å². The lowest BCUT2D eigenvalue weighted by atomic mass is 9.73. The lowest BCUT2D eigenvalue weighted by Crippen LogP contribution is -2.48. The summed E-state index contributed by atoms with van der Waals surface area (Å²) in [6.07, 6.45) is 15.2. The maximum atomic E-state index is 13.5. The molecule has 14 heteroatoms. The van der Waals surface area contributed by atoms with Gasteiger partial charge in [0.05, 0.1) is 11.4 Å². The van der Waals surface area contributed by atoms with E-state index in [2.05, 4.69) is 105 Å². The van der Waals surface area contributed by atoms with Gasteiger partial charge in [-0.3, -0.25) is 14.8 Å². The first-order valence-corrected chi connectivity index (χ1v) is 26.0. The first-order chi connectivity index (χ1) is 29.8. The largest absolute Gasteiger partial charge is 0.351 e. The molecule has 0 bridgehead atoms. The van der Waals surface area contributed by atoms with E-state index < -0.39 is 0 Å². The molecule has 3 fully saturated rings. The number of urea groups is 1. The second-order valence-corrected chi connectivity index (χ2v) is 22.3. The molecule has 4 aromatic rings. The third-order valence-corrected chi connectivity index (χ3v) is 17.1. The number of fused-ring (bicyclic) bond motifs is 4. The monoisotopic (exact) mass is 1130 g/mol. The minimum absolute atomic E-state index is 0.0412. The van der Waals surface area contributed by atoms with Crippen LogP contribution in [0.4, 0.5) is 4.79 Å². The van der Waals surface area contributed by atoms with Crippen LogP contribution in [0.25, 0.3) is 0 Å². The van der Waals surface area contributed by atoms with Crippen LogP contribution in [0.15, 0.2) is 66.7 Å². The Morgan fingerprint density at radius 1 is 0.694 bits per heavy atom. The van der Waals surface area contributed by atoms with E-state index in [1.807, 2.05) is 24.5 Å². The van der Waals surface area contributed by atoms with E-state index in [9.17, 15) is 9.59 Å². The van der Waals surface area contributed by atoms with Crippen LogP contribution >= 0.6 is 86.9 Å². The van der Waals surface area contributed by atoms with E-state index in [0.29, 0.717) is 37.3 Å². The van der Waals surface area contributed by atoms with Gasteiger partial charge in [0.15, 0.2) is 0 Å². The van der Waals surface area contributed by atoms with Gasteiger partial charge in [-0.05, 0) is 203 Å². The molecule has 0 saturated carbocycles. The summed E-state index contributed by atoms with van der Waals surface area (Å²) in [4.78, 5) is 38.7. The predicted octanol–water partition coefficient (Wildman–Crippen LogP) is 12.2. The summed E-state index contributed by atoms with van der Waals surface area (Å²) in [5.74, 6) is 1.76. The van der Waals surface area contributed by atoms with Gasteiger partial charge in [0.2, 0.25) is 5.91 Å². The number of piperidine rings is 3. The van der Waals surface area contributed by atoms with Crippen molar-refractivity contribution in [1.29, 1.82) is 0 Å². The standard InChI is InChI=1S/C29H35Br2ClN4O2.C19H19Br2ClN2/c1-2-29(7-11-36(12-8-29)28(33)38)16-24(37)35-9-5-18(6-10-35)26-25-19(14-22(32)15-23(25)31)3-4-20-13-21(30)17-34-27(20)26;20-14-7-13-2-1-12-8-15(22)9-16(21)17(12)18(19(13)24-10-14)11-3-5-23-6-4-11/h13-15,17-18,26H,2-12,16H2,1H3,(H2,33,38);7-11,18,23H,1-6H2/t26-;18-/m11/s1. The minimum atomic E-state index is -0.361. The highest BCUT2D eigenvalue weighted by Gasteiger charge is 2.40. The number of nitrogens with one attached hydrogen (secondary N) is 1. The number of amides is 3. The molecule has 2 atom stereocenters. The maximum Gasteiger partial charge on any atom is 0.314 e. The average molecular weight is 1140 g/mol. The van der Waals surface area contributed by atoms with E-state index in [0.717, 1.165) is 118 Å². The predicted molar refractivity (Wildman–Crippen MR) is 263 cm³/mol. The van der Waals surface area contributed by atoms with Crippen molar-refractivity contribution in [2.75, 3.05) is 39.3 Å². The summed E-state index contributed by atoms with van der Waals surface area (Å²) in [5.41, 5.74) is 15.9. The molecule has 9 rings (SSSR count). The highest BCUT2D eigenvalue weighted by Crippen LogP contribution is 2.48. The van der Waals surface area contributed by atoms with E-state index in [-0.39, 0.29) is 23.3 Å². The number of carbonyl (C=O) groups is 2. The zero-order valence-electron chi connectivity index (χ0n) is 35.1. The number of aromatic nitrogens is 2. The van der Waals surface area contributed by atoms with Crippen molar-refractivity contribution in [3.8, 4) is 0 Å². The summed E-state index contributed by atoms with van der Waals surface area (Å²) in [6.45, 7) is 7.15. The fourth-order valence-corrected chi connectivity index (χ4v) is 14.0. The molecule has 2 aliphatic carbocycles. The molecule has 2 aromatic heterocycles. The molecule has 8 nitrogen and oxygen atoms in total. The Morgan fingerprint density at radius 2 is 1.16 bits per heavy atom. The normalized spacial score (nSPS) is 21.3. The number of pyridine rings is 2. The first kappa shape index (κ1) is 46.5. The summed E-state index contributed by atoms with van der Waals surface area (Å²) in [6, 6.07) is 12.4. The van der Waals surface area contributed by atoms with E-state index in [1.165, 1.54) is 51.9 Å². The molecule has 0 unspecified atom stereocenters. The van der Waals surface area contributed by atoms with Crippen LogP contribution in [0.1, 0.15) is 115 Å². The number of rotatable bonds is 5. The number of primary amides is 1. The van der Waals surface area contributed by atoms with Gasteiger partial charge in [-0.2, -0.15) is 0 Å². The van der Waals surface area contributed by atoms with Crippen LogP contribution in [0.5, 0.6) is 0 Å². The lowest BCUT2D eigenvalue weighted by Gasteiger charge is -2.42. The Morgan fingerprint density at radius 3 is 1.63 bits per heavy atom. The molecule has 3 saturated heterocycles. The molecule has 2 aromatic carbocycles. The molecular weight excluding hydrogens is 1080 g/mol. The van der Waals surface area contributed by atoms with Crippen molar-refractivity contribution in [2.45, 2.75) is 95.8 Å². The van der Waals surface area contributed by atoms with Crippen molar-refractivity contribution < 1.29 is 9.59 Å². The van der Waals surface area contributed by atoms with Crippen molar-refractivity contribution >= 4 is 98.9 Å². The van der Waals surface area contributed by atoms with E-state index in [1.54, 1.807) is 4.90 Å². The van der Waals surface area contributed by atoms with Crippen LogP contribution in [-0.4, -0.2) is 71.0 Å². The highest BCUT2D eigenvalue weighted by atomic mass is 79.9. The third kappa shape index (κ3) is 10.2. The summed E-state index contributed by atoms with van der Waals surface area (Å²) < 4.78 is 4.25. The van der Waals surface area contributed by atoms with Crippen LogP contribution in [0.2, 0.25) is 10.0 Å². The van der Waals surface area contributed by atoms with Crippen molar-refractivity contribution in [3.63, 3.8) is 0 Å². The fourth-order valence-electron chi connectivity index (χ4n) is 11.0. The third-order valence-electron chi connectivity index (χ3n) is 14.5. The molecule has 0 radical (unpaired) electrons. The van der Waals surface area contributed by atoms with Gasteiger partial charge in [-0.1, -0.05) is 62.0 Å². The molecular formula is C48H54Br4Cl2N6O2. The van der Waals surface area contributed by atoms with Crippen LogP contribution in [0.3, 0.4) is 0 Å². The van der Waals surface area contributed by atoms with Crippen molar-refractivity contribution in [2.24, 2.45) is 23.0 Å². The van der Waals surface area contributed by atoms with Gasteiger partial charge in [0, 0.05) is 84.8 Å². The SMILES string of the molecule is CCC1(CC(=O)N2CCC([C@H]3c4ncc(Br)cc4CCc4cc(Cl)cc(Br)c43)CC2)CCN(C(N)=O)CC1.Clc1cc(Br)c2c(c1)CCc1cc(Br)cnc1[C@@H]2C1CCNCC1. The van der Waals surface area contributed by atoms with Crippen LogP contribution in [0, 0.1) is 17.3 Å². The van der Waals surface area contributed by atoms with Crippen molar-refractivity contribution in [3.05, 3.63) is 121 Å². The van der Waals surface area contributed by atoms with Gasteiger partial charge in [-0.15, -0.1) is 0 Å². The van der Waals surface area contributed by atoms with Gasteiger partial charge in [0.25, 0.3) is 0 Å². The Kier molecular flexibility index (Phi) is 15.1. The number of nitrogens with zero attached hydrogens (tertiary/aromatic N) is 4. The summed E-state index contributed by atoms with van der Waals surface area (Å²) in [5, 5.41) is 5.05. The molecule has 3 N–H and O–H groups in total. The number of halogens is 6. The molecule has 62 heavy (non-hydrogen) atoms. The summed E-state index contributed by atoms with van der Waals surface area (Å²) >= 11 is 27.7. The Hall–Kier alpha value is -2.06. The molecule has 5 aliphatic rings. The maximum absolute atomic E-state index is 13.5. The zero-order valence-corrected chi connectivity index (χ0v) is 43.0. The molecule has 5 heterocycles. The molecule has 0 spiro atoms. The highest BCUT2D eigenvalue weighted by molar-refractivity contribution is 9.11.